The van der Waals surface area contributed by atoms with Crippen molar-refractivity contribution in [1.82, 2.24) is 10.2 Å². The highest BCUT2D eigenvalue weighted by Crippen LogP contribution is 2.29. The third kappa shape index (κ3) is 5.42. The van der Waals surface area contributed by atoms with Crippen molar-refractivity contribution in [2.24, 2.45) is 5.73 Å². The zero-order chi connectivity index (χ0) is 19.2. The Morgan fingerprint density at radius 2 is 1.96 bits per heavy atom. The number of amides is 2. The number of likely N-dealkylation sites (tertiary alicyclic amines) is 1. The van der Waals surface area contributed by atoms with Gasteiger partial charge in [-0.15, -0.1) is 0 Å². The van der Waals surface area contributed by atoms with E-state index >= 15 is 0 Å². The molecule has 0 saturated carbocycles. The fourth-order valence-electron chi connectivity index (χ4n) is 2.85. The van der Waals surface area contributed by atoms with E-state index in [1.54, 1.807) is 20.8 Å². The standard InChI is InChI=1S/C16H27N3O6/c1-10(2)25-14(23)11(5-6-13(21)22)18-15(24)16(3)7-4-8-19(16)12(20)9-17/h10-11H,4-9,17H2,1-3H3,(H,18,24)(H,21,22)/t11-,16-/m0/s1. The number of aliphatic carboxylic acids is 1. The lowest BCUT2D eigenvalue weighted by molar-refractivity contribution is -0.153. The van der Waals surface area contributed by atoms with Gasteiger partial charge in [0.05, 0.1) is 12.6 Å². The highest BCUT2D eigenvalue weighted by molar-refractivity contribution is 5.94. The number of nitrogens with zero attached hydrogens (tertiary/aromatic N) is 1. The van der Waals surface area contributed by atoms with Crippen LogP contribution in [0.15, 0.2) is 0 Å². The number of carbonyl (C=O) groups excluding carboxylic acids is 3. The summed E-state index contributed by atoms with van der Waals surface area (Å²) in [6.45, 7) is 5.14. The predicted octanol–water partition coefficient (Wildman–Crippen LogP) is -0.373. The van der Waals surface area contributed by atoms with Crippen molar-refractivity contribution >= 4 is 23.8 Å². The van der Waals surface area contributed by atoms with Gasteiger partial charge in [-0.3, -0.25) is 14.4 Å². The van der Waals surface area contributed by atoms with Crippen molar-refractivity contribution < 1.29 is 29.0 Å². The van der Waals surface area contributed by atoms with Crippen LogP contribution in [-0.4, -0.2) is 64.5 Å². The third-order valence-corrected chi connectivity index (χ3v) is 4.19. The normalized spacial score (nSPS) is 21.1. The summed E-state index contributed by atoms with van der Waals surface area (Å²) in [7, 11) is 0. The zero-order valence-corrected chi connectivity index (χ0v) is 14.9. The second kappa shape index (κ2) is 8.80. The van der Waals surface area contributed by atoms with Gasteiger partial charge in [0.25, 0.3) is 0 Å². The molecule has 0 aromatic carbocycles. The molecule has 142 valence electrons. The van der Waals surface area contributed by atoms with Gasteiger partial charge in [0.2, 0.25) is 11.8 Å². The predicted molar refractivity (Wildman–Crippen MR) is 88.4 cm³/mol. The summed E-state index contributed by atoms with van der Waals surface area (Å²) in [6, 6.07) is -1.08. The monoisotopic (exact) mass is 357 g/mol. The average Bonchev–Trinajstić information content (AvgIpc) is 2.92. The molecule has 1 fully saturated rings. The van der Waals surface area contributed by atoms with Crippen LogP contribution in [-0.2, 0) is 23.9 Å². The summed E-state index contributed by atoms with van der Waals surface area (Å²) in [4.78, 5) is 49.1. The van der Waals surface area contributed by atoms with Crippen molar-refractivity contribution in [3.8, 4) is 0 Å². The molecular weight excluding hydrogens is 330 g/mol. The minimum Gasteiger partial charge on any atom is -0.481 e. The van der Waals surface area contributed by atoms with E-state index in [-0.39, 0.29) is 25.3 Å². The largest absolute Gasteiger partial charge is 0.481 e. The van der Waals surface area contributed by atoms with Gasteiger partial charge in [-0.2, -0.15) is 0 Å². The van der Waals surface area contributed by atoms with Gasteiger partial charge in [0, 0.05) is 13.0 Å². The molecule has 4 N–H and O–H groups in total. The first kappa shape index (κ1) is 20.9. The lowest BCUT2D eigenvalue weighted by Crippen LogP contribution is -2.59. The van der Waals surface area contributed by atoms with Crippen LogP contribution in [0.4, 0.5) is 0 Å². The minimum atomic E-state index is -1.12. The van der Waals surface area contributed by atoms with E-state index in [2.05, 4.69) is 5.32 Å². The number of hydrogen-bond donors (Lipinski definition) is 3. The molecule has 1 saturated heterocycles. The number of esters is 1. The topological polar surface area (TPSA) is 139 Å². The number of carboxylic acid groups (broad SMARTS) is 1. The van der Waals surface area contributed by atoms with Crippen LogP contribution in [0.3, 0.4) is 0 Å². The second-order valence-electron chi connectivity index (χ2n) is 6.57. The molecule has 2 amide bonds. The fraction of sp³-hybridized carbons (Fsp3) is 0.750. The van der Waals surface area contributed by atoms with Gasteiger partial charge in [-0.25, -0.2) is 4.79 Å². The summed E-state index contributed by atoms with van der Waals surface area (Å²) in [5.74, 6) is -2.63. The van der Waals surface area contributed by atoms with E-state index in [4.69, 9.17) is 15.6 Å². The van der Waals surface area contributed by atoms with Crippen LogP contribution >= 0.6 is 0 Å². The van der Waals surface area contributed by atoms with Crippen LogP contribution in [0.25, 0.3) is 0 Å². The van der Waals surface area contributed by atoms with Crippen molar-refractivity contribution in [3.63, 3.8) is 0 Å². The smallest absolute Gasteiger partial charge is 0.328 e. The van der Waals surface area contributed by atoms with Gasteiger partial charge >= 0.3 is 11.9 Å². The van der Waals surface area contributed by atoms with Crippen LogP contribution in [0.2, 0.25) is 0 Å². The maximum Gasteiger partial charge on any atom is 0.328 e. The minimum absolute atomic E-state index is 0.0897. The van der Waals surface area contributed by atoms with E-state index < -0.39 is 35.5 Å². The molecular formula is C16H27N3O6. The molecule has 0 aromatic rings. The second-order valence-corrected chi connectivity index (χ2v) is 6.57. The first-order valence-corrected chi connectivity index (χ1v) is 8.35. The molecule has 25 heavy (non-hydrogen) atoms. The Labute approximate surface area is 146 Å². The Hall–Kier alpha value is -2.16. The first-order chi connectivity index (χ1) is 11.6. The Bertz CT molecular complexity index is 536. The molecule has 0 bridgehead atoms. The highest BCUT2D eigenvalue weighted by atomic mass is 16.5. The van der Waals surface area contributed by atoms with Gasteiger partial charge in [0.1, 0.15) is 11.6 Å². The summed E-state index contributed by atoms with van der Waals surface area (Å²) in [5.41, 5.74) is 4.28. The Morgan fingerprint density at radius 1 is 1.32 bits per heavy atom. The van der Waals surface area contributed by atoms with Crippen molar-refractivity contribution in [2.45, 2.75) is 64.1 Å². The van der Waals surface area contributed by atoms with Crippen LogP contribution in [0, 0.1) is 0 Å². The molecule has 9 heteroatoms. The van der Waals surface area contributed by atoms with Crippen molar-refractivity contribution in [2.75, 3.05) is 13.1 Å². The van der Waals surface area contributed by atoms with E-state index in [1.165, 1.54) is 4.90 Å². The SMILES string of the molecule is CC(C)OC(=O)[C@H](CCC(=O)O)NC(=O)[C@]1(C)CCCN1C(=O)CN. The Kier molecular flexibility index (Phi) is 7.35. The van der Waals surface area contributed by atoms with E-state index in [0.29, 0.717) is 19.4 Å². The molecule has 0 unspecified atom stereocenters. The van der Waals surface area contributed by atoms with Crippen molar-refractivity contribution in [1.29, 1.82) is 0 Å². The summed E-state index contributed by atoms with van der Waals surface area (Å²) in [6.07, 6.45) is 0.309. The zero-order valence-electron chi connectivity index (χ0n) is 14.9. The summed E-state index contributed by atoms with van der Waals surface area (Å²) in [5, 5.41) is 11.4. The number of ether oxygens (including phenoxy) is 1. The van der Waals surface area contributed by atoms with Gasteiger partial charge in [0.15, 0.2) is 0 Å². The highest BCUT2D eigenvalue weighted by Gasteiger charge is 2.46. The number of carbonyl (C=O) groups is 4. The Balaban J connectivity index is 2.90. The molecule has 0 radical (unpaired) electrons. The lowest BCUT2D eigenvalue weighted by Gasteiger charge is -2.34. The van der Waals surface area contributed by atoms with Gasteiger partial charge in [-0.05, 0) is 40.0 Å². The third-order valence-electron chi connectivity index (χ3n) is 4.19. The molecule has 0 spiro atoms. The van der Waals surface area contributed by atoms with E-state index in [1.807, 2.05) is 0 Å². The molecule has 0 aliphatic carbocycles. The maximum absolute atomic E-state index is 12.7. The van der Waals surface area contributed by atoms with Gasteiger partial charge < -0.3 is 25.8 Å². The van der Waals surface area contributed by atoms with E-state index in [9.17, 15) is 19.2 Å². The number of hydrogen-bond acceptors (Lipinski definition) is 6. The summed E-state index contributed by atoms with van der Waals surface area (Å²) >= 11 is 0. The van der Waals surface area contributed by atoms with Crippen LogP contribution in [0.5, 0.6) is 0 Å². The average molecular weight is 357 g/mol. The molecule has 9 nitrogen and oxygen atoms in total. The molecule has 1 aliphatic rings. The summed E-state index contributed by atoms with van der Waals surface area (Å²) < 4.78 is 5.09. The van der Waals surface area contributed by atoms with E-state index in [0.717, 1.165) is 0 Å². The lowest BCUT2D eigenvalue weighted by atomic mass is 9.96. The number of nitrogens with one attached hydrogen (secondary N) is 1. The molecule has 1 aliphatic heterocycles. The number of nitrogens with two attached hydrogens (primary N) is 1. The van der Waals surface area contributed by atoms with Gasteiger partial charge in [-0.1, -0.05) is 0 Å². The van der Waals surface area contributed by atoms with Crippen LogP contribution < -0.4 is 11.1 Å². The molecule has 0 aromatic heterocycles. The maximum atomic E-state index is 12.7. The van der Waals surface area contributed by atoms with Crippen molar-refractivity contribution in [3.05, 3.63) is 0 Å². The quantitative estimate of drug-likeness (QED) is 0.503. The Morgan fingerprint density at radius 3 is 2.48 bits per heavy atom. The molecule has 2 atom stereocenters. The van der Waals surface area contributed by atoms with Crippen LogP contribution in [0.1, 0.15) is 46.5 Å². The number of rotatable bonds is 8. The number of carboxylic acids is 1. The fourth-order valence-corrected chi connectivity index (χ4v) is 2.85. The first-order valence-electron chi connectivity index (χ1n) is 8.35. The molecule has 1 rings (SSSR count). The molecule has 1 heterocycles.